The molecule has 6 nitrogen and oxygen atoms in total. The van der Waals surface area contributed by atoms with Crippen LogP contribution < -0.4 is 10.6 Å². The number of nitrogens with one attached hydrogen (secondary N) is 2. The van der Waals surface area contributed by atoms with Crippen LogP contribution in [-0.2, 0) is 18.4 Å². The molecule has 0 radical (unpaired) electrons. The molecule has 1 aliphatic rings. The molecule has 0 saturated carbocycles. The van der Waals surface area contributed by atoms with Crippen molar-refractivity contribution >= 4 is 13.5 Å². The van der Waals surface area contributed by atoms with Crippen LogP contribution in [0.25, 0.3) is 0 Å². The van der Waals surface area contributed by atoms with E-state index in [1.165, 1.54) is 12.8 Å². The van der Waals surface area contributed by atoms with Gasteiger partial charge in [0, 0.05) is 13.0 Å². The Bertz CT molecular complexity index is 336. The molecular formula is C14H29N2O4P. The molecule has 0 unspecified atom stereocenters. The third-order valence-electron chi connectivity index (χ3n) is 3.60. The molecule has 7 heteroatoms. The van der Waals surface area contributed by atoms with Crippen LogP contribution in [-0.4, -0.2) is 44.9 Å². The van der Waals surface area contributed by atoms with E-state index in [2.05, 4.69) is 10.6 Å². The monoisotopic (exact) mass is 320 g/mol. The van der Waals surface area contributed by atoms with Gasteiger partial charge in [-0.15, -0.1) is 0 Å². The van der Waals surface area contributed by atoms with Crippen molar-refractivity contribution in [1.29, 1.82) is 0 Å². The number of piperidine rings is 1. The molecule has 1 fully saturated rings. The fourth-order valence-electron chi connectivity index (χ4n) is 2.47. The fourth-order valence-corrected chi connectivity index (χ4v) is 4.07. The van der Waals surface area contributed by atoms with Gasteiger partial charge in [0.15, 0.2) is 0 Å². The summed E-state index contributed by atoms with van der Waals surface area (Å²) in [7, 11) is -3.10. The standard InChI is InChI=1S/C14H29N2O4P/c1-3-19-21(18,20-4-2)12-8-14(17)16-11-7-13-5-9-15-10-6-13/h13,15H,3-12H2,1-2H3,(H,16,17). The molecule has 1 heterocycles. The van der Waals surface area contributed by atoms with Gasteiger partial charge in [-0.1, -0.05) is 0 Å². The molecule has 0 aromatic heterocycles. The normalized spacial score (nSPS) is 16.9. The lowest BCUT2D eigenvalue weighted by molar-refractivity contribution is -0.120. The van der Waals surface area contributed by atoms with Crippen molar-refractivity contribution in [2.45, 2.75) is 39.5 Å². The van der Waals surface area contributed by atoms with Crippen molar-refractivity contribution in [1.82, 2.24) is 10.6 Å². The number of carbonyl (C=O) groups is 1. The van der Waals surface area contributed by atoms with Crippen molar-refractivity contribution in [3.8, 4) is 0 Å². The van der Waals surface area contributed by atoms with Crippen LogP contribution >= 0.6 is 7.60 Å². The molecule has 0 bridgehead atoms. The van der Waals surface area contributed by atoms with Crippen molar-refractivity contribution in [2.75, 3.05) is 39.0 Å². The minimum Gasteiger partial charge on any atom is -0.356 e. The topological polar surface area (TPSA) is 76.7 Å². The first-order valence-corrected chi connectivity index (χ1v) is 9.68. The van der Waals surface area contributed by atoms with Gasteiger partial charge < -0.3 is 19.7 Å². The minimum absolute atomic E-state index is 0.0800. The Morgan fingerprint density at radius 1 is 1.24 bits per heavy atom. The minimum atomic E-state index is -3.10. The van der Waals surface area contributed by atoms with E-state index in [1.807, 2.05) is 0 Å². The lowest BCUT2D eigenvalue weighted by Crippen LogP contribution is -2.31. The number of rotatable bonds is 10. The number of hydrogen-bond acceptors (Lipinski definition) is 5. The summed E-state index contributed by atoms with van der Waals surface area (Å²) in [6, 6.07) is 0. The Labute approximate surface area is 127 Å². The average Bonchev–Trinajstić information content (AvgIpc) is 2.47. The van der Waals surface area contributed by atoms with Gasteiger partial charge in [0.25, 0.3) is 0 Å². The van der Waals surface area contributed by atoms with Crippen LogP contribution in [0.4, 0.5) is 0 Å². The SMILES string of the molecule is CCOP(=O)(CCC(=O)NCCC1CCNCC1)OCC. The van der Waals surface area contributed by atoms with Crippen molar-refractivity contribution < 1.29 is 18.4 Å². The van der Waals surface area contributed by atoms with E-state index in [0.29, 0.717) is 25.7 Å². The molecule has 21 heavy (non-hydrogen) atoms. The molecule has 0 spiro atoms. The molecule has 1 aliphatic heterocycles. The highest BCUT2D eigenvalue weighted by atomic mass is 31.2. The zero-order chi connectivity index (χ0) is 15.6. The second-order valence-corrected chi connectivity index (χ2v) is 7.44. The van der Waals surface area contributed by atoms with Gasteiger partial charge in [-0.3, -0.25) is 9.36 Å². The van der Waals surface area contributed by atoms with Crippen LogP contribution in [0.2, 0.25) is 0 Å². The van der Waals surface area contributed by atoms with Gasteiger partial charge in [0.05, 0.1) is 19.4 Å². The Morgan fingerprint density at radius 2 is 1.86 bits per heavy atom. The van der Waals surface area contributed by atoms with Crippen molar-refractivity contribution in [3.63, 3.8) is 0 Å². The summed E-state index contributed by atoms with van der Waals surface area (Å²) < 4.78 is 22.5. The van der Waals surface area contributed by atoms with Gasteiger partial charge in [-0.05, 0) is 52.1 Å². The van der Waals surface area contributed by atoms with Crippen LogP contribution in [0.3, 0.4) is 0 Å². The highest BCUT2D eigenvalue weighted by Crippen LogP contribution is 2.48. The maximum atomic E-state index is 12.2. The first-order valence-electron chi connectivity index (χ1n) is 7.95. The number of carbonyl (C=O) groups excluding carboxylic acids is 1. The van der Waals surface area contributed by atoms with Crippen LogP contribution in [0.1, 0.15) is 39.5 Å². The Balaban J connectivity index is 2.18. The maximum Gasteiger partial charge on any atom is 0.331 e. The predicted octanol–water partition coefficient (Wildman–Crippen LogP) is 2.15. The largest absolute Gasteiger partial charge is 0.356 e. The highest BCUT2D eigenvalue weighted by Gasteiger charge is 2.24. The van der Waals surface area contributed by atoms with Gasteiger partial charge in [-0.25, -0.2) is 0 Å². The molecule has 0 atom stereocenters. The Morgan fingerprint density at radius 3 is 2.43 bits per heavy atom. The predicted molar refractivity (Wildman–Crippen MR) is 83.6 cm³/mol. The van der Waals surface area contributed by atoms with Crippen LogP contribution in [0, 0.1) is 5.92 Å². The summed E-state index contributed by atoms with van der Waals surface area (Å²) >= 11 is 0. The van der Waals surface area contributed by atoms with E-state index in [0.717, 1.165) is 19.5 Å². The molecule has 1 saturated heterocycles. The molecule has 0 aliphatic carbocycles. The summed E-state index contributed by atoms with van der Waals surface area (Å²) in [6.07, 6.45) is 3.71. The van der Waals surface area contributed by atoms with Gasteiger partial charge in [-0.2, -0.15) is 0 Å². The van der Waals surface area contributed by atoms with Crippen molar-refractivity contribution in [2.24, 2.45) is 5.92 Å². The first kappa shape index (κ1) is 18.6. The lowest BCUT2D eigenvalue weighted by atomic mass is 9.95. The lowest BCUT2D eigenvalue weighted by Gasteiger charge is -2.22. The highest BCUT2D eigenvalue weighted by molar-refractivity contribution is 7.53. The molecule has 2 N–H and O–H groups in total. The zero-order valence-electron chi connectivity index (χ0n) is 13.2. The summed E-state index contributed by atoms with van der Waals surface area (Å²) in [4.78, 5) is 11.8. The molecule has 124 valence electrons. The quantitative estimate of drug-likeness (QED) is 0.603. The molecule has 1 amide bonds. The van der Waals surface area contributed by atoms with Crippen molar-refractivity contribution in [3.05, 3.63) is 0 Å². The van der Waals surface area contributed by atoms with E-state index in [1.54, 1.807) is 13.8 Å². The Hall–Kier alpha value is -0.420. The van der Waals surface area contributed by atoms with E-state index in [4.69, 9.17) is 9.05 Å². The third-order valence-corrected chi connectivity index (χ3v) is 5.67. The smallest absolute Gasteiger partial charge is 0.331 e. The Kier molecular flexibility index (Phi) is 9.16. The van der Waals surface area contributed by atoms with Gasteiger partial charge in [0.1, 0.15) is 0 Å². The molecule has 1 rings (SSSR count). The fraction of sp³-hybridized carbons (Fsp3) is 0.929. The molecule has 0 aromatic carbocycles. The summed E-state index contributed by atoms with van der Waals surface area (Å²) in [5, 5.41) is 6.22. The zero-order valence-corrected chi connectivity index (χ0v) is 14.1. The number of hydrogen-bond donors (Lipinski definition) is 2. The summed E-state index contributed by atoms with van der Waals surface area (Å²) in [6.45, 7) is 7.03. The first-order chi connectivity index (χ1) is 10.1. The van der Waals surface area contributed by atoms with Gasteiger partial charge in [0.2, 0.25) is 5.91 Å². The second-order valence-electron chi connectivity index (χ2n) is 5.25. The summed E-state index contributed by atoms with van der Waals surface area (Å²) in [5.74, 6) is 0.619. The second kappa shape index (κ2) is 10.3. The summed E-state index contributed by atoms with van der Waals surface area (Å²) in [5.41, 5.74) is 0. The van der Waals surface area contributed by atoms with E-state index >= 15 is 0 Å². The van der Waals surface area contributed by atoms with Crippen LogP contribution in [0.15, 0.2) is 0 Å². The van der Waals surface area contributed by atoms with E-state index in [-0.39, 0.29) is 18.5 Å². The van der Waals surface area contributed by atoms with Crippen LogP contribution in [0.5, 0.6) is 0 Å². The third kappa shape index (κ3) is 7.96. The van der Waals surface area contributed by atoms with E-state index < -0.39 is 7.60 Å². The van der Waals surface area contributed by atoms with E-state index in [9.17, 15) is 9.36 Å². The molecule has 0 aromatic rings. The average molecular weight is 320 g/mol. The maximum absolute atomic E-state index is 12.2. The number of amides is 1. The molecular weight excluding hydrogens is 291 g/mol. The van der Waals surface area contributed by atoms with Gasteiger partial charge >= 0.3 is 7.60 Å².